The van der Waals surface area contributed by atoms with Gasteiger partial charge in [-0.25, -0.2) is 0 Å². The van der Waals surface area contributed by atoms with Gasteiger partial charge in [0.05, 0.1) is 36.5 Å². The fraction of sp³-hybridized carbons (Fsp3) is 0.353. The van der Waals surface area contributed by atoms with Gasteiger partial charge in [-0.1, -0.05) is 39.0 Å². The number of fused-ring (bicyclic) bond motifs is 1. The molecule has 1 aromatic carbocycles. The van der Waals surface area contributed by atoms with E-state index in [0.29, 0.717) is 39.4 Å². The number of rotatable bonds is 10. The zero-order valence-electron chi connectivity index (χ0n) is 25.5. The molecule has 0 saturated carbocycles. The molecule has 220 valence electrons. The minimum atomic E-state index is -1.02. The van der Waals surface area contributed by atoms with E-state index < -0.39 is 16.8 Å². The molecule has 8 heteroatoms. The third-order valence-electron chi connectivity index (χ3n) is 7.16. The van der Waals surface area contributed by atoms with E-state index in [-0.39, 0.29) is 24.6 Å². The van der Waals surface area contributed by atoms with E-state index >= 15 is 0 Å². The molecule has 0 aliphatic carbocycles. The molecule has 4 rings (SSSR count). The number of ether oxygens (including phenoxy) is 3. The summed E-state index contributed by atoms with van der Waals surface area (Å²) in [4.78, 5) is 45.7. The lowest BCUT2D eigenvalue weighted by Gasteiger charge is -2.24. The normalized spacial score (nSPS) is 11.8. The summed E-state index contributed by atoms with van der Waals surface area (Å²) in [6.07, 6.45) is 1.84. The van der Waals surface area contributed by atoms with Gasteiger partial charge in [-0.2, -0.15) is 0 Å². The third-order valence-corrected chi connectivity index (χ3v) is 7.16. The first-order chi connectivity index (χ1) is 19.8. The number of pyridine rings is 2. The Morgan fingerprint density at radius 1 is 0.905 bits per heavy atom. The Kier molecular flexibility index (Phi) is 8.57. The average Bonchev–Trinajstić information content (AvgIpc) is 3.26. The van der Waals surface area contributed by atoms with Crippen molar-refractivity contribution in [1.82, 2.24) is 9.38 Å². The highest BCUT2D eigenvalue weighted by molar-refractivity contribution is 6.15. The lowest BCUT2D eigenvalue weighted by atomic mass is 9.79. The van der Waals surface area contributed by atoms with Crippen LogP contribution in [0.25, 0.3) is 5.52 Å². The summed E-state index contributed by atoms with van der Waals surface area (Å²) in [6, 6.07) is 16.1. The second-order valence-electron chi connectivity index (χ2n) is 12.1. The summed E-state index contributed by atoms with van der Waals surface area (Å²) >= 11 is 0. The Bertz CT molecular complexity index is 1660. The molecule has 0 fully saturated rings. The maximum atomic E-state index is 14.2. The van der Waals surface area contributed by atoms with Crippen molar-refractivity contribution in [3.63, 3.8) is 0 Å². The number of carbonyl (C=O) groups is 3. The molecular weight excluding hydrogens is 532 g/mol. The molecule has 0 radical (unpaired) electrons. The topological polar surface area (TPSA) is 96.2 Å². The van der Waals surface area contributed by atoms with E-state index in [2.05, 4.69) is 4.98 Å². The van der Waals surface area contributed by atoms with Crippen LogP contribution in [-0.4, -0.2) is 41.1 Å². The van der Waals surface area contributed by atoms with Gasteiger partial charge < -0.3 is 18.6 Å². The molecule has 3 aromatic heterocycles. The first-order valence-corrected chi connectivity index (χ1v) is 13.8. The predicted molar refractivity (Wildman–Crippen MR) is 160 cm³/mol. The van der Waals surface area contributed by atoms with E-state index in [1.807, 2.05) is 45.9 Å². The van der Waals surface area contributed by atoms with Crippen LogP contribution in [0, 0.1) is 17.8 Å². The number of esters is 1. The minimum absolute atomic E-state index is 0.104. The van der Waals surface area contributed by atoms with Gasteiger partial charge in [0.1, 0.15) is 18.1 Å². The number of carbonyl (C=O) groups excluding carboxylic acids is 3. The van der Waals surface area contributed by atoms with Crippen LogP contribution in [0.3, 0.4) is 0 Å². The quantitative estimate of drug-likeness (QED) is 0.160. The molecule has 3 heterocycles. The average molecular weight is 571 g/mol. The van der Waals surface area contributed by atoms with Crippen LogP contribution < -0.4 is 9.47 Å². The van der Waals surface area contributed by atoms with Crippen LogP contribution in [0.15, 0.2) is 60.8 Å². The molecule has 0 amide bonds. The third kappa shape index (κ3) is 6.22. The van der Waals surface area contributed by atoms with E-state index in [4.69, 9.17) is 14.2 Å². The first kappa shape index (κ1) is 30.5. The highest BCUT2D eigenvalue weighted by Crippen LogP contribution is 2.37. The number of benzene rings is 1. The summed E-state index contributed by atoms with van der Waals surface area (Å²) in [5, 5.41) is 0. The Morgan fingerprint density at radius 2 is 1.62 bits per heavy atom. The lowest BCUT2D eigenvalue weighted by molar-refractivity contribution is -0.150. The molecule has 0 unspecified atom stereocenters. The molecule has 0 saturated heterocycles. The van der Waals surface area contributed by atoms with Crippen LogP contribution in [0.5, 0.6) is 11.5 Å². The first-order valence-electron chi connectivity index (χ1n) is 13.8. The lowest BCUT2D eigenvalue weighted by Crippen LogP contribution is -2.30. The molecule has 0 aliphatic heterocycles. The van der Waals surface area contributed by atoms with E-state index in [1.165, 1.54) is 14.2 Å². The second-order valence-corrected chi connectivity index (χ2v) is 12.1. The van der Waals surface area contributed by atoms with Crippen molar-refractivity contribution in [3.05, 3.63) is 94.6 Å². The number of ketones is 2. The highest BCUT2D eigenvalue weighted by Gasteiger charge is 2.38. The monoisotopic (exact) mass is 570 g/mol. The summed E-state index contributed by atoms with van der Waals surface area (Å²) in [5.41, 5.74) is 1.94. The number of methoxy groups -OCH3 is 2. The van der Waals surface area contributed by atoms with Crippen molar-refractivity contribution < 1.29 is 28.6 Å². The van der Waals surface area contributed by atoms with Crippen molar-refractivity contribution in [2.45, 2.75) is 54.6 Å². The van der Waals surface area contributed by atoms with Crippen molar-refractivity contribution in [2.24, 2.45) is 10.8 Å². The molecular formula is C34H38N2O6. The van der Waals surface area contributed by atoms with Gasteiger partial charge in [-0.3, -0.25) is 19.4 Å². The van der Waals surface area contributed by atoms with Crippen molar-refractivity contribution in [3.8, 4) is 11.5 Å². The molecule has 0 aliphatic rings. The van der Waals surface area contributed by atoms with Crippen LogP contribution >= 0.6 is 0 Å². The summed E-state index contributed by atoms with van der Waals surface area (Å²) < 4.78 is 18.3. The molecule has 0 N–H and O–H groups in total. The standard InChI is InChI=1S/C34H38N2O6/c1-21-11-9-13-23(35-21)20-42-25-15-16-36-27(18-25)28(31(38)33(2,3)4)26(19-34(5,6)32(39)41-8)29(36)30(37)22-12-10-14-24(17-22)40-7/h9-18H,19-20H2,1-8H3. The van der Waals surface area contributed by atoms with Crippen molar-refractivity contribution in [2.75, 3.05) is 14.2 Å². The Labute approximate surface area is 246 Å². The molecule has 42 heavy (non-hydrogen) atoms. The number of aryl methyl sites for hydroxylation is 1. The molecule has 8 nitrogen and oxygen atoms in total. The van der Waals surface area contributed by atoms with Crippen molar-refractivity contribution in [1.29, 1.82) is 0 Å². The number of hydrogen-bond acceptors (Lipinski definition) is 7. The van der Waals surface area contributed by atoms with E-state index in [9.17, 15) is 14.4 Å². The van der Waals surface area contributed by atoms with Crippen LogP contribution in [0.4, 0.5) is 0 Å². The largest absolute Gasteiger partial charge is 0.497 e. The van der Waals surface area contributed by atoms with Gasteiger partial charge in [-0.15, -0.1) is 0 Å². The van der Waals surface area contributed by atoms with E-state index in [1.54, 1.807) is 60.8 Å². The zero-order valence-corrected chi connectivity index (χ0v) is 25.5. The van der Waals surface area contributed by atoms with Crippen LogP contribution in [-0.2, 0) is 22.6 Å². The minimum Gasteiger partial charge on any atom is -0.497 e. The maximum absolute atomic E-state index is 14.2. The molecule has 0 bridgehead atoms. The van der Waals surface area contributed by atoms with Gasteiger partial charge in [0.15, 0.2) is 5.78 Å². The molecule has 0 atom stereocenters. The fourth-order valence-corrected chi connectivity index (χ4v) is 4.95. The smallest absolute Gasteiger partial charge is 0.311 e. The summed E-state index contributed by atoms with van der Waals surface area (Å²) in [5.74, 6) is 0.152. The second kappa shape index (κ2) is 11.8. The molecule has 4 aromatic rings. The summed E-state index contributed by atoms with van der Waals surface area (Å²) in [7, 11) is 2.87. The Hall–Kier alpha value is -4.46. The highest BCUT2D eigenvalue weighted by atomic mass is 16.5. The Balaban J connectivity index is 1.97. The Morgan fingerprint density at radius 3 is 2.26 bits per heavy atom. The summed E-state index contributed by atoms with van der Waals surface area (Å²) in [6.45, 7) is 11.1. The fourth-order valence-electron chi connectivity index (χ4n) is 4.95. The van der Waals surface area contributed by atoms with Gasteiger partial charge in [0.25, 0.3) is 0 Å². The predicted octanol–water partition coefficient (Wildman–Crippen LogP) is 6.43. The van der Waals surface area contributed by atoms with Crippen molar-refractivity contribution >= 4 is 23.1 Å². The van der Waals surface area contributed by atoms with Gasteiger partial charge in [0, 0.05) is 34.5 Å². The van der Waals surface area contributed by atoms with E-state index in [0.717, 1.165) is 11.4 Å². The van der Waals surface area contributed by atoms with Crippen LogP contribution in [0.2, 0.25) is 0 Å². The number of hydrogen-bond donors (Lipinski definition) is 0. The van der Waals surface area contributed by atoms with Gasteiger partial charge in [-0.05, 0) is 63.1 Å². The zero-order chi connectivity index (χ0) is 30.8. The number of aromatic nitrogens is 2. The molecule has 0 spiro atoms. The van der Waals surface area contributed by atoms with Crippen LogP contribution in [0.1, 0.15) is 78.0 Å². The number of Topliss-reactive ketones (excluding diaryl/α,β-unsaturated/α-hetero) is 1. The number of nitrogens with zero attached hydrogens (tertiary/aromatic N) is 2. The van der Waals surface area contributed by atoms with Gasteiger partial charge >= 0.3 is 5.97 Å². The van der Waals surface area contributed by atoms with Gasteiger partial charge in [0.2, 0.25) is 5.78 Å². The SMILES string of the molecule is COC(=O)C(C)(C)Cc1c(C(=O)C(C)(C)C)c2cc(OCc3cccc(C)n3)ccn2c1C(=O)c1cccc(OC)c1. The maximum Gasteiger partial charge on any atom is 0.311 e.